The molecule has 2 N–H and O–H groups in total. The van der Waals surface area contributed by atoms with Gasteiger partial charge in [0.05, 0.1) is 0 Å². The Morgan fingerprint density at radius 2 is 2.06 bits per heavy atom. The molecule has 0 aliphatic rings. The van der Waals surface area contributed by atoms with E-state index >= 15 is 0 Å². The first-order chi connectivity index (χ1) is 8.83. The molecule has 1 heterocycles. The molecular formula is C14H22N2O2. The number of hydrogen-bond donors (Lipinski definition) is 2. The van der Waals surface area contributed by atoms with Crippen molar-refractivity contribution < 1.29 is 9.90 Å². The van der Waals surface area contributed by atoms with Gasteiger partial charge in [0.15, 0.2) is 0 Å². The van der Waals surface area contributed by atoms with E-state index in [1.165, 1.54) is 0 Å². The van der Waals surface area contributed by atoms with Crippen LogP contribution in [0.25, 0.3) is 0 Å². The second-order valence-electron chi connectivity index (χ2n) is 4.31. The maximum absolute atomic E-state index is 11.5. The molecule has 18 heavy (non-hydrogen) atoms. The zero-order valence-corrected chi connectivity index (χ0v) is 10.8. The smallest absolute Gasteiger partial charge is 0.220 e. The Morgan fingerprint density at radius 1 is 1.22 bits per heavy atom. The molecule has 0 saturated heterocycles. The van der Waals surface area contributed by atoms with Gasteiger partial charge in [-0.15, -0.1) is 0 Å². The number of nitrogens with one attached hydrogen (secondary N) is 1. The summed E-state index contributed by atoms with van der Waals surface area (Å²) < 4.78 is 0. The predicted molar refractivity (Wildman–Crippen MR) is 71.1 cm³/mol. The first-order valence-electron chi connectivity index (χ1n) is 6.60. The van der Waals surface area contributed by atoms with E-state index in [0.29, 0.717) is 12.8 Å². The zero-order chi connectivity index (χ0) is 13.1. The molecule has 1 rings (SSSR count). The van der Waals surface area contributed by atoms with Crippen molar-refractivity contribution in [2.75, 3.05) is 13.2 Å². The third-order valence-corrected chi connectivity index (χ3v) is 2.74. The largest absolute Gasteiger partial charge is 0.396 e. The van der Waals surface area contributed by atoms with E-state index in [-0.39, 0.29) is 12.5 Å². The van der Waals surface area contributed by atoms with Crippen molar-refractivity contribution in [3.63, 3.8) is 0 Å². The molecule has 100 valence electrons. The van der Waals surface area contributed by atoms with Gasteiger partial charge < -0.3 is 10.4 Å². The summed E-state index contributed by atoms with van der Waals surface area (Å²) in [5, 5.41) is 11.5. The number of hydrogen-bond acceptors (Lipinski definition) is 3. The number of carbonyl (C=O) groups is 1. The summed E-state index contributed by atoms with van der Waals surface area (Å²) in [5.74, 6) is 0.0859. The Balaban J connectivity index is 2.01. The minimum atomic E-state index is 0.0859. The van der Waals surface area contributed by atoms with Crippen LogP contribution < -0.4 is 5.32 Å². The van der Waals surface area contributed by atoms with Crippen LogP contribution in [-0.2, 0) is 11.2 Å². The molecule has 0 aromatic carbocycles. The lowest BCUT2D eigenvalue weighted by molar-refractivity contribution is -0.121. The van der Waals surface area contributed by atoms with Gasteiger partial charge in [-0.3, -0.25) is 9.78 Å². The van der Waals surface area contributed by atoms with Crippen LogP contribution in [-0.4, -0.2) is 29.1 Å². The number of carbonyl (C=O) groups excluding carboxylic acids is 1. The Morgan fingerprint density at radius 3 is 2.78 bits per heavy atom. The molecule has 0 spiro atoms. The average Bonchev–Trinajstić information content (AvgIpc) is 2.41. The number of aliphatic hydroxyl groups excluding tert-OH is 1. The Hall–Kier alpha value is -1.42. The normalized spacial score (nSPS) is 10.3. The number of pyridine rings is 1. The number of aryl methyl sites for hydroxylation is 1. The van der Waals surface area contributed by atoms with E-state index in [2.05, 4.69) is 10.3 Å². The molecule has 0 unspecified atom stereocenters. The monoisotopic (exact) mass is 250 g/mol. The van der Waals surface area contributed by atoms with Gasteiger partial charge in [-0.25, -0.2) is 0 Å². The van der Waals surface area contributed by atoms with Gasteiger partial charge in [0.25, 0.3) is 0 Å². The van der Waals surface area contributed by atoms with Crippen LogP contribution in [0.1, 0.15) is 37.8 Å². The summed E-state index contributed by atoms with van der Waals surface area (Å²) in [4.78, 5) is 15.7. The molecule has 1 aromatic heterocycles. The van der Waals surface area contributed by atoms with Gasteiger partial charge in [0.2, 0.25) is 5.91 Å². The molecular weight excluding hydrogens is 228 g/mol. The number of unbranched alkanes of at least 4 members (excludes halogenated alkanes) is 3. The van der Waals surface area contributed by atoms with Crippen molar-refractivity contribution in [1.29, 1.82) is 0 Å². The van der Waals surface area contributed by atoms with Gasteiger partial charge in [-0.1, -0.05) is 18.9 Å². The van der Waals surface area contributed by atoms with E-state index in [9.17, 15) is 4.79 Å². The number of aromatic nitrogens is 1. The van der Waals surface area contributed by atoms with Crippen molar-refractivity contribution >= 4 is 5.91 Å². The highest BCUT2D eigenvalue weighted by atomic mass is 16.2. The van der Waals surface area contributed by atoms with Gasteiger partial charge in [0, 0.05) is 31.5 Å². The van der Waals surface area contributed by atoms with E-state index in [1.807, 2.05) is 18.2 Å². The first-order valence-corrected chi connectivity index (χ1v) is 6.60. The average molecular weight is 250 g/mol. The maximum Gasteiger partial charge on any atom is 0.220 e. The third kappa shape index (κ3) is 7.01. The number of aliphatic hydroxyl groups is 1. The SMILES string of the molecule is O=C(CCc1ccccn1)NCCCCCCO. The second kappa shape index (κ2) is 9.59. The summed E-state index contributed by atoms with van der Waals surface area (Å²) in [6, 6.07) is 5.74. The fourth-order valence-corrected chi connectivity index (χ4v) is 1.69. The standard InChI is InChI=1S/C14H22N2O2/c17-12-6-2-1-4-11-16-14(18)9-8-13-7-3-5-10-15-13/h3,5,7,10,17H,1-2,4,6,8-9,11-12H2,(H,16,18). The van der Waals surface area contributed by atoms with Crippen LogP contribution in [0.4, 0.5) is 0 Å². The Labute approximate surface area is 108 Å². The fourth-order valence-electron chi connectivity index (χ4n) is 1.69. The fraction of sp³-hybridized carbons (Fsp3) is 0.571. The summed E-state index contributed by atoms with van der Waals surface area (Å²) in [6.45, 7) is 0.989. The Bertz CT molecular complexity index is 328. The summed E-state index contributed by atoms with van der Waals surface area (Å²) in [5.41, 5.74) is 0.954. The van der Waals surface area contributed by atoms with E-state index in [4.69, 9.17) is 5.11 Å². The van der Waals surface area contributed by atoms with Crippen LogP contribution in [0, 0.1) is 0 Å². The summed E-state index contributed by atoms with van der Waals surface area (Å²) in [7, 11) is 0. The molecule has 4 heteroatoms. The van der Waals surface area contributed by atoms with Crippen LogP contribution >= 0.6 is 0 Å². The lowest BCUT2D eigenvalue weighted by Crippen LogP contribution is -2.24. The maximum atomic E-state index is 11.5. The van der Waals surface area contributed by atoms with Gasteiger partial charge in [-0.05, 0) is 31.4 Å². The minimum Gasteiger partial charge on any atom is -0.396 e. The van der Waals surface area contributed by atoms with Gasteiger partial charge in [0.1, 0.15) is 0 Å². The van der Waals surface area contributed by atoms with Gasteiger partial charge in [-0.2, -0.15) is 0 Å². The van der Waals surface area contributed by atoms with Crippen molar-refractivity contribution in [3.8, 4) is 0 Å². The summed E-state index contributed by atoms with van der Waals surface area (Å²) >= 11 is 0. The molecule has 0 saturated carbocycles. The van der Waals surface area contributed by atoms with Crippen LogP contribution in [0.3, 0.4) is 0 Å². The van der Waals surface area contributed by atoms with Crippen LogP contribution in [0.5, 0.6) is 0 Å². The summed E-state index contributed by atoms with van der Waals surface area (Å²) in [6.07, 6.45) is 6.85. The predicted octanol–water partition coefficient (Wildman–Crippen LogP) is 1.68. The van der Waals surface area contributed by atoms with E-state index in [0.717, 1.165) is 37.9 Å². The number of amides is 1. The van der Waals surface area contributed by atoms with Crippen molar-refractivity contribution in [1.82, 2.24) is 10.3 Å². The zero-order valence-electron chi connectivity index (χ0n) is 10.8. The molecule has 0 aliphatic heterocycles. The molecule has 0 fully saturated rings. The molecule has 4 nitrogen and oxygen atoms in total. The molecule has 0 aliphatic carbocycles. The van der Waals surface area contributed by atoms with E-state index in [1.54, 1.807) is 6.20 Å². The third-order valence-electron chi connectivity index (χ3n) is 2.74. The molecule has 0 atom stereocenters. The second-order valence-corrected chi connectivity index (χ2v) is 4.31. The molecule has 0 radical (unpaired) electrons. The first kappa shape index (κ1) is 14.6. The highest BCUT2D eigenvalue weighted by molar-refractivity contribution is 5.76. The quantitative estimate of drug-likeness (QED) is 0.655. The highest BCUT2D eigenvalue weighted by Gasteiger charge is 2.01. The van der Waals surface area contributed by atoms with Crippen molar-refractivity contribution in [2.45, 2.75) is 38.5 Å². The lowest BCUT2D eigenvalue weighted by Gasteiger charge is -2.04. The van der Waals surface area contributed by atoms with Gasteiger partial charge >= 0.3 is 0 Å². The molecule has 1 amide bonds. The van der Waals surface area contributed by atoms with Crippen LogP contribution in [0.2, 0.25) is 0 Å². The Kier molecular flexibility index (Phi) is 7.80. The van der Waals surface area contributed by atoms with E-state index < -0.39 is 0 Å². The lowest BCUT2D eigenvalue weighted by atomic mass is 10.2. The topological polar surface area (TPSA) is 62.2 Å². The molecule has 1 aromatic rings. The highest BCUT2D eigenvalue weighted by Crippen LogP contribution is 1.99. The number of nitrogens with zero attached hydrogens (tertiary/aromatic N) is 1. The molecule has 0 bridgehead atoms. The van der Waals surface area contributed by atoms with Crippen LogP contribution in [0.15, 0.2) is 24.4 Å². The number of rotatable bonds is 9. The van der Waals surface area contributed by atoms with Crippen molar-refractivity contribution in [3.05, 3.63) is 30.1 Å². The minimum absolute atomic E-state index is 0.0859. The van der Waals surface area contributed by atoms with Crippen molar-refractivity contribution in [2.24, 2.45) is 0 Å².